The van der Waals surface area contributed by atoms with Crippen molar-refractivity contribution >= 4 is 29.0 Å². The third kappa shape index (κ3) is 7.79. The van der Waals surface area contributed by atoms with Gasteiger partial charge in [0.1, 0.15) is 6.04 Å². The Kier molecular flexibility index (Phi) is 9.62. The van der Waals surface area contributed by atoms with Crippen molar-refractivity contribution in [1.29, 1.82) is 0 Å². The van der Waals surface area contributed by atoms with Gasteiger partial charge in [-0.2, -0.15) is 0 Å². The standard InChI is InChI=1S/C31H44N4O4/c1-31(2,3)28(32-29(37)27(21-35(39)22-36)18-23-8-4-5-9-23)30(38)34-16-14-33(15-17-34)20-24-12-13-25-10-6-7-11-26(25)19-24/h6-7,10-13,19,22-23,27-28,39H,4-5,8-9,14-18,20-21H2,1-3H3,(H,32,37)/t27-,28?/m1/s1. The third-order valence-corrected chi connectivity index (χ3v) is 8.30. The molecule has 1 aliphatic carbocycles. The zero-order chi connectivity index (χ0) is 28.0. The van der Waals surface area contributed by atoms with Crippen LogP contribution >= 0.6 is 0 Å². The van der Waals surface area contributed by atoms with Crippen LogP contribution in [0, 0.1) is 17.3 Å². The van der Waals surface area contributed by atoms with Crippen molar-refractivity contribution in [3.8, 4) is 0 Å². The highest BCUT2D eigenvalue weighted by molar-refractivity contribution is 5.89. The van der Waals surface area contributed by atoms with Gasteiger partial charge in [0.25, 0.3) is 0 Å². The number of hydrogen-bond donors (Lipinski definition) is 2. The maximum atomic E-state index is 13.7. The quantitative estimate of drug-likeness (QED) is 0.271. The van der Waals surface area contributed by atoms with Crippen LogP contribution in [-0.2, 0) is 20.9 Å². The van der Waals surface area contributed by atoms with Crippen molar-refractivity contribution in [2.24, 2.45) is 17.3 Å². The Hall–Kier alpha value is -2.97. The molecule has 0 aromatic heterocycles. The van der Waals surface area contributed by atoms with Gasteiger partial charge in [-0.15, -0.1) is 0 Å². The van der Waals surface area contributed by atoms with Crippen molar-refractivity contribution in [3.05, 3.63) is 48.0 Å². The first-order valence-corrected chi connectivity index (χ1v) is 14.3. The van der Waals surface area contributed by atoms with Crippen LogP contribution in [0.25, 0.3) is 10.8 Å². The normalized spacial score (nSPS) is 18.6. The molecule has 0 spiro atoms. The first-order chi connectivity index (χ1) is 18.6. The van der Waals surface area contributed by atoms with Gasteiger partial charge in [0.15, 0.2) is 0 Å². The monoisotopic (exact) mass is 536 g/mol. The van der Waals surface area contributed by atoms with Crippen LogP contribution in [0.15, 0.2) is 42.5 Å². The number of carbonyl (C=O) groups is 3. The molecule has 2 fully saturated rings. The molecule has 8 nitrogen and oxygen atoms in total. The predicted molar refractivity (Wildman–Crippen MR) is 152 cm³/mol. The molecule has 2 aromatic carbocycles. The van der Waals surface area contributed by atoms with Crippen LogP contribution in [0.3, 0.4) is 0 Å². The molecule has 1 heterocycles. The van der Waals surface area contributed by atoms with E-state index >= 15 is 0 Å². The molecule has 2 atom stereocenters. The highest BCUT2D eigenvalue weighted by atomic mass is 16.5. The Bertz CT molecular complexity index is 1130. The van der Waals surface area contributed by atoms with Crippen LogP contribution in [0.2, 0.25) is 0 Å². The summed E-state index contributed by atoms with van der Waals surface area (Å²) in [7, 11) is 0. The minimum atomic E-state index is -0.688. The second-order valence-electron chi connectivity index (χ2n) is 12.4. The van der Waals surface area contributed by atoms with E-state index in [1.165, 1.54) is 16.3 Å². The van der Waals surface area contributed by atoms with Gasteiger partial charge in [-0.05, 0) is 40.2 Å². The Labute approximate surface area is 232 Å². The first kappa shape index (κ1) is 29.0. The lowest BCUT2D eigenvalue weighted by Crippen LogP contribution is -2.59. The van der Waals surface area contributed by atoms with E-state index in [0.29, 0.717) is 36.9 Å². The van der Waals surface area contributed by atoms with E-state index in [1.807, 2.05) is 31.7 Å². The number of fused-ring (bicyclic) bond motifs is 1. The molecule has 1 saturated heterocycles. The van der Waals surface area contributed by atoms with E-state index in [2.05, 4.69) is 46.6 Å². The summed E-state index contributed by atoms with van der Waals surface area (Å²) in [5.74, 6) is -0.497. The van der Waals surface area contributed by atoms with Crippen LogP contribution in [0.1, 0.15) is 58.4 Å². The van der Waals surface area contributed by atoms with Crippen LogP contribution < -0.4 is 5.32 Å². The smallest absolute Gasteiger partial charge is 0.245 e. The van der Waals surface area contributed by atoms with E-state index < -0.39 is 17.4 Å². The molecule has 212 valence electrons. The number of hydrogen-bond acceptors (Lipinski definition) is 5. The van der Waals surface area contributed by atoms with Gasteiger partial charge in [-0.25, -0.2) is 5.06 Å². The lowest BCUT2D eigenvalue weighted by atomic mass is 9.84. The fourth-order valence-corrected chi connectivity index (χ4v) is 5.99. The van der Waals surface area contributed by atoms with Gasteiger partial charge in [0.2, 0.25) is 18.2 Å². The lowest BCUT2D eigenvalue weighted by molar-refractivity contribution is -0.156. The van der Waals surface area contributed by atoms with Crippen molar-refractivity contribution in [2.75, 3.05) is 32.7 Å². The number of amides is 3. The summed E-state index contributed by atoms with van der Waals surface area (Å²) in [5, 5.41) is 15.9. The van der Waals surface area contributed by atoms with Crippen molar-refractivity contribution < 1.29 is 19.6 Å². The summed E-state index contributed by atoms with van der Waals surface area (Å²) in [4.78, 5) is 42.5. The number of nitrogens with zero attached hydrogens (tertiary/aromatic N) is 3. The molecule has 2 aromatic rings. The Morgan fingerprint density at radius 3 is 2.36 bits per heavy atom. The Morgan fingerprint density at radius 2 is 1.72 bits per heavy atom. The zero-order valence-corrected chi connectivity index (χ0v) is 23.6. The molecule has 2 aliphatic rings. The van der Waals surface area contributed by atoms with E-state index in [9.17, 15) is 19.6 Å². The number of rotatable bonds is 10. The summed E-state index contributed by atoms with van der Waals surface area (Å²) in [6, 6.07) is 14.2. The molecule has 0 bridgehead atoms. The molecule has 4 rings (SSSR count). The van der Waals surface area contributed by atoms with Gasteiger partial charge in [0, 0.05) is 32.7 Å². The van der Waals surface area contributed by atoms with Crippen molar-refractivity contribution in [1.82, 2.24) is 20.2 Å². The SMILES string of the molecule is CC(C)(C)C(NC(=O)[C@H](CC1CCCC1)CN(O)C=O)C(=O)N1CCN(Cc2ccc3ccccc3c2)CC1. The van der Waals surface area contributed by atoms with E-state index in [-0.39, 0.29) is 18.4 Å². The lowest BCUT2D eigenvalue weighted by Gasteiger charge is -2.40. The Morgan fingerprint density at radius 1 is 1.05 bits per heavy atom. The fraction of sp³-hybridized carbons (Fsp3) is 0.581. The average Bonchev–Trinajstić information content (AvgIpc) is 3.43. The van der Waals surface area contributed by atoms with Crippen LogP contribution in [0.5, 0.6) is 0 Å². The summed E-state index contributed by atoms with van der Waals surface area (Å²) in [5.41, 5.74) is 0.769. The second kappa shape index (κ2) is 12.9. The predicted octanol–water partition coefficient (Wildman–Crippen LogP) is 4.06. The second-order valence-corrected chi connectivity index (χ2v) is 12.4. The minimum absolute atomic E-state index is 0.0651. The zero-order valence-electron chi connectivity index (χ0n) is 23.6. The number of nitrogens with one attached hydrogen (secondary N) is 1. The number of piperazine rings is 1. The molecule has 0 radical (unpaired) electrons. The van der Waals surface area contributed by atoms with Gasteiger partial charge in [-0.3, -0.25) is 24.5 Å². The molecule has 1 saturated carbocycles. The van der Waals surface area contributed by atoms with Gasteiger partial charge in [0.05, 0.1) is 12.5 Å². The fourth-order valence-electron chi connectivity index (χ4n) is 5.99. The molecular weight excluding hydrogens is 492 g/mol. The van der Waals surface area contributed by atoms with Crippen molar-refractivity contribution in [3.63, 3.8) is 0 Å². The maximum Gasteiger partial charge on any atom is 0.245 e. The summed E-state index contributed by atoms with van der Waals surface area (Å²) < 4.78 is 0. The Balaban J connectivity index is 1.36. The van der Waals surface area contributed by atoms with Gasteiger partial charge >= 0.3 is 0 Å². The summed E-state index contributed by atoms with van der Waals surface area (Å²) in [6.45, 7) is 9.41. The molecule has 39 heavy (non-hydrogen) atoms. The first-order valence-electron chi connectivity index (χ1n) is 14.3. The van der Waals surface area contributed by atoms with Gasteiger partial charge in [-0.1, -0.05) is 82.9 Å². The molecule has 8 heteroatoms. The van der Waals surface area contributed by atoms with Crippen LogP contribution in [-0.4, -0.2) is 77.1 Å². The van der Waals surface area contributed by atoms with E-state index in [4.69, 9.17) is 0 Å². The molecular formula is C31H44N4O4. The third-order valence-electron chi connectivity index (χ3n) is 8.30. The van der Waals surface area contributed by atoms with E-state index in [1.54, 1.807) is 0 Å². The number of benzene rings is 2. The molecule has 3 amide bonds. The van der Waals surface area contributed by atoms with E-state index in [0.717, 1.165) is 45.3 Å². The summed E-state index contributed by atoms with van der Waals surface area (Å²) >= 11 is 0. The minimum Gasteiger partial charge on any atom is -0.344 e. The summed E-state index contributed by atoms with van der Waals surface area (Å²) in [6.07, 6.45) is 5.34. The highest BCUT2D eigenvalue weighted by Crippen LogP contribution is 2.31. The molecule has 1 unspecified atom stereocenters. The average molecular weight is 537 g/mol. The van der Waals surface area contributed by atoms with Crippen molar-refractivity contribution in [2.45, 2.75) is 65.5 Å². The van der Waals surface area contributed by atoms with Gasteiger partial charge < -0.3 is 10.2 Å². The molecule has 1 aliphatic heterocycles. The number of hydroxylamine groups is 2. The molecule has 2 N–H and O–H groups in total. The van der Waals surface area contributed by atoms with Crippen LogP contribution in [0.4, 0.5) is 0 Å². The topological polar surface area (TPSA) is 93.2 Å². The number of carbonyl (C=O) groups excluding carboxylic acids is 3. The highest BCUT2D eigenvalue weighted by Gasteiger charge is 2.38. The largest absolute Gasteiger partial charge is 0.344 e. The maximum absolute atomic E-state index is 13.7.